The van der Waals surface area contributed by atoms with Crippen molar-refractivity contribution in [3.05, 3.63) is 33.8 Å². The molecule has 1 aromatic rings. The number of hydrogen-bond donors (Lipinski definition) is 0. The molecule has 0 radical (unpaired) electrons. The summed E-state index contributed by atoms with van der Waals surface area (Å²) in [6.45, 7) is 7.30. The zero-order valence-corrected chi connectivity index (χ0v) is 12.7. The van der Waals surface area contributed by atoms with Crippen molar-refractivity contribution in [2.45, 2.75) is 19.9 Å². The monoisotopic (exact) mass is 332 g/mol. The second-order valence-corrected chi connectivity index (χ2v) is 5.79. The maximum absolute atomic E-state index is 13.9. The minimum absolute atomic E-state index is 0.165. The molecule has 1 aromatic carbocycles. The molecule has 1 aliphatic rings. The van der Waals surface area contributed by atoms with Gasteiger partial charge in [-0.1, -0.05) is 6.92 Å². The largest absolute Gasteiger partial charge is 0.301 e. The SMILES string of the molecule is CCCN1CCN(Cc2c(F)ccc(Br)c2F)CC1. The summed E-state index contributed by atoms with van der Waals surface area (Å²) in [4.78, 5) is 4.50. The number of halogens is 3. The van der Waals surface area contributed by atoms with Gasteiger partial charge in [0.2, 0.25) is 0 Å². The van der Waals surface area contributed by atoms with Gasteiger partial charge in [0.1, 0.15) is 11.6 Å². The Hall–Kier alpha value is -0.520. The fourth-order valence-corrected chi connectivity index (χ4v) is 2.80. The Morgan fingerprint density at radius 3 is 2.37 bits per heavy atom. The van der Waals surface area contributed by atoms with E-state index in [1.54, 1.807) is 0 Å². The van der Waals surface area contributed by atoms with Crippen LogP contribution in [0.2, 0.25) is 0 Å². The highest BCUT2D eigenvalue weighted by molar-refractivity contribution is 9.10. The van der Waals surface area contributed by atoms with Crippen LogP contribution in [-0.2, 0) is 6.54 Å². The van der Waals surface area contributed by atoms with Gasteiger partial charge in [0.25, 0.3) is 0 Å². The first-order chi connectivity index (χ1) is 9.11. The third kappa shape index (κ3) is 3.74. The Labute approximate surface area is 121 Å². The highest BCUT2D eigenvalue weighted by Gasteiger charge is 2.20. The third-order valence-electron chi connectivity index (χ3n) is 3.53. The van der Waals surface area contributed by atoms with Gasteiger partial charge >= 0.3 is 0 Å². The standard InChI is InChI=1S/C14H19BrF2N2/c1-2-5-18-6-8-19(9-7-18)10-11-13(16)4-3-12(15)14(11)17/h3-4H,2,5-10H2,1H3. The maximum Gasteiger partial charge on any atom is 0.144 e. The number of piperazine rings is 1. The van der Waals surface area contributed by atoms with E-state index in [4.69, 9.17) is 0 Å². The van der Waals surface area contributed by atoms with E-state index in [1.807, 2.05) is 0 Å². The molecule has 1 saturated heterocycles. The van der Waals surface area contributed by atoms with Crippen LogP contribution in [0.3, 0.4) is 0 Å². The molecule has 106 valence electrons. The molecule has 0 N–H and O–H groups in total. The average molecular weight is 333 g/mol. The van der Waals surface area contributed by atoms with Crippen molar-refractivity contribution in [2.75, 3.05) is 32.7 Å². The van der Waals surface area contributed by atoms with Gasteiger partial charge in [0.05, 0.1) is 4.47 Å². The Balaban J connectivity index is 1.98. The smallest absolute Gasteiger partial charge is 0.144 e. The number of rotatable bonds is 4. The minimum atomic E-state index is -0.476. The average Bonchev–Trinajstić information content (AvgIpc) is 2.41. The molecular weight excluding hydrogens is 314 g/mol. The summed E-state index contributed by atoms with van der Waals surface area (Å²) >= 11 is 3.11. The number of hydrogen-bond acceptors (Lipinski definition) is 2. The van der Waals surface area contributed by atoms with E-state index in [2.05, 4.69) is 32.7 Å². The molecule has 0 aromatic heterocycles. The van der Waals surface area contributed by atoms with E-state index in [0.29, 0.717) is 11.0 Å². The van der Waals surface area contributed by atoms with Gasteiger partial charge in [-0.15, -0.1) is 0 Å². The Morgan fingerprint density at radius 1 is 1.11 bits per heavy atom. The van der Waals surface area contributed by atoms with Gasteiger partial charge in [-0.05, 0) is 41.0 Å². The zero-order chi connectivity index (χ0) is 13.8. The lowest BCUT2D eigenvalue weighted by molar-refractivity contribution is 0.125. The summed E-state index contributed by atoms with van der Waals surface area (Å²) in [5.74, 6) is -0.937. The second kappa shape index (κ2) is 6.77. The lowest BCUT2D eigenvalue weighted by Gasteiger charge is -2.34. The molecule has 5 heteroatoms. The van der Waals surface area contributed by atoms with Gasteiger partial charge in [-0.25, -0.2) is 8.78 Å². The quantitative estimate of drug-likeness (QED) is 0.781. The molecule has 1 aliphatic heterocycles. The predicted octanol–water partition coefficient (Wildman–Crippen LogP) is 3.25. The number of benzene rings is 1. The van der Waals surface area contributed by atoms with Crippen molar-refractivity contribution in [2.24, 2.45) is 0 Å². The second-order valence-electron chi connectivity index (χ2n) is 4.94. The van der Waals surface area contributed by atoms with Gasteiger partial charge < -0.3 is 4.90 Å². The van der Waals surface area contributed by atoms with Crippen LogP contribution >= 0.6 is 15.9 Å². The molecule has 19 heavy (non-hydrogen) atoms. The summed E-state index contributed by atoms with van der Waals surface area (Å²) in [5, 5.41) is 0. The van der Waals surface area contributed by atoms with Crippen molar-refractivity contribution in [3.63, 3.8) is 0 Å². The van der Waals surface area contributed by atoms with E-state index in [0.717, 1.165) is 39.1 Å². The first-order valence-corrected chi connectivity index (χ1v) is 7.48. The first-order valence-electron chi connectivity index (χ1n) is 6.69. The minimum Gasteiger partial charge on any atom is -0.301 e. The molecule has 0 bridgehead atoms. The summed E-state index contributed by atoms with van der Waals surface area (Å²) in [7, 11) is 0. The van der Waals surface area contributed by atoms with E-state index in [9.17, 15) is 8.78 Å². The number of nitrogens with zero attached hydrogens (tertiary/aromatic N) is 2. The fourth-order valence-electron chi connectivity index (χ4n) is 2.42. The maximum atomic E-state index is 13.9. The molecule has 0 atom stereocenters. The van der Waals surface area contributed by atoms with Crippen LogP contribution in [0, 0.1) is 11.6 Å². The molecule has 0 aliphatic carbocycles. The van der Waals surface area contributed by atoms with E-state index in [-0.39, 0.29) is 5.56 Å². The molecular formula is C14H19BrF2N2. The van der Waals surface area contributed by atoms with Crippen molar-refractivity contribution in [3.8, 4) is 0 Å². The van der Waals surface area contributed by atoms with Gasteiger partial charge in [-0.2, -0.15) is 0 Å². The summed E-state index contributed by atoms with van der Waals surface area (Å²) in [6, 6.07) is 2.73. The Morgan fingerprint density at radius 2 is 1.74 bits per heavy atom. The van der Waals surface area contributed by atoms with Gasteiger partial charge in [-0.3, -0.25) is 4.90 Å². The Kier molecular flexibility index (Phi) is 5.30. The summed E-state index contributed by atoms with van der Waals surface area (Å²) in [6.07, 6.45) is 1.15. The molecule has 0 saturated carbocycles. The van der Waals surface area contributed by atoms with E-state index < -0.39 is 11.6 Å². The van der Waals surface area contributed by atoms with Crippen LogP contribution in [0.4, 0.5) is 8.78 Å². The summed E-state index contributed by atoms with van der Waals surface area (Å²) < 4.78 is 27.9. The lowest BCUT2D eigenvalue weighted by Crippen LogP contribution is -2.46. The van der Waals surface area contributed by atoms with Crippen LogP contribution in [0.15, 0.2) is 16.6 Å². The zero-order valence-electron chi connectivity index (χ0n) is 11.1. The summed E-state index contributed by atoms with van der Waals surface area (Å²) in [5.41, 5.74) is 0.165. The molecule has 1 fully saturated rings. The van der Waals surface area contributed by atoms with Crippen molar-refractivity contribution >= 4 is 15.9 Å². The van der Waals surface area contributed by atoms with E-state index in [1.165, 1.54) is 12.1 Å². The topological polar surface area (TPSA) is 6.48 Å². The van der Waals surface area contributed by atoms with Crippen LogP contribution in [0.1, 0.15) is 18.9 Å². The van der Waals surface area contributed by atoms with Crippen LogP contribution in [0.5, 0.6) is 0 Å². The predicted molar refractivity (Wildman–Crippen MR) is 76.1 cm³/mol. The highest BCUT2D eigenvalue weighted by atomic mass is 79.9. The first kappa shape index (κ1) is 14.9. The van der Waals surface area contributed by atoms with Crippen LogP contribution in [0.25, 0.3) is 0 Å². The fraction of sp³-hybridized carbons (Fsp3) is 0.571. The molecule has 0 amide bonds. The van der Waals surface area contributed by atoms with Crippen molar-refractivity contribution < 1.29 is 8.78 Å². The lowest BCUT2D eigenvalue weighted by atomic mass is 10.1. The van der Waals surface area contributed by atoms with Crippen LogP contribution < -0.4 is 0 Å². The molecule has 0 spiro atoms. The van der Waals surface area contributed by atoms with Gasteiger partial charge in [0, 0.05) is 38.3 Å². The van der Waals surface area contributed by atoms with Crippen LogP contribution in [-0.4, -0.2) is 42.5 Å². The molecule has 1 heterocycles. The highest BCUT2D eigenvalue weighted by Crippen LogP contribution is 2.23. The Bertz CT molecular complexity index is 432. The molecule has 0 unspecified atom stereocenters. The third-order valence-corrected chi connectivity index (χ3v) is 4.14. The van der Waals surface area contributed by atoms with Crippen molar-refractivity contribution in [1.29, 1.82) is 0 Å². The van der Waals surface area contributed by atoms with Crippen molar-refractivity contribution in [1.82, 2.24) is 9.80 Å². The molecule has 2 nitrogen and oxygen atoms in total. The molecule has 2 rings (SSSR count). The normalized spacial score (nSPS) is 17.9. The van der Waals surface area contributed by atoms with E-state index >= 15 is 0 Å². The van der Waals surface area contributed by atoms with Gasteiger partial charge in [0.15, 0.2) is 0 Å².